The largest absolute Gasteiger partial charge is 0.396 e. The Morgan fingerprint density at radius 1 is 1.25 bits per heavy atom. The minimum Gasteiger partial charge on any atom is -0.396 e. The van der Waals surface area contributed by atoms with Crippen molar-refractivity contribution in [2.75, 3.05) is 18.5 Å². The van der Waals surface area contributed by atoms with Crippen molar-refractivity contribution in [3.8, 4) is 0 Å². The molecule has 2 aromatic rings. The van der Waals surface area contributed by atoms with Crippen LogP contribution in [-0.4, -0.2) is 36.0 Å². The molecule has 8 heteroatoms. The highest BCUT2D eigenvalue weighted by Crippen LogP contribution is 2.17. The molecule has 0 aromatic heterocycles. The van der Waals surface area contributed by atoms with Gasteiger partial charge in [-0.15, -0.1) is 0 Å². The highest BCUT2D eigenvalue weighted by atomic mass is 35.5. The number of aliphatic imine (C=N–C) groups is 1. The lowest BCUT2D eigenvalue weighted by molar-refractivity contribution is -0.116. The number of azo groups is 1. The molecule has 0 saturated heterocycles. The van der Waals surface area contributed by atoms with Crippen molar-refractivity contribution < 1.29 is 9.90 Å². The molecule has 0 saturated carbocycles. The van der Waals surface area contributed by atoms with E-state index in [1.165, 1.54) is 0 Å². The van der Waals surface area contributed by atoms with Crippen molar-refractivity contribution in [3.05, 3.63) is 64.7 Å². The highest BCUT2D eigenvalue weighted by molar-refractivity contribution is 6.31. The molecule has 0 fully saturated rings. The van der Waals surface area contributed by atoms with Crippen molar-refractivity contribution in [2.24, 2.45) is 21.0 Å². The predicted octanol–water partition coefficient (Wildman–Crippen LogP) is 3.35. The first-order chi connectivity index (χ1) is 13.5. The maximum atomic E-state index is 12.6. The molecule has 2 rings (SSSR count). The van der Waals surface area contributed by atoms with E-state index in [0.29, 0.717) is 30.2 Å². The maximum Gasteiger partial charge on any atom is 0.258 e. The van der Waals surface area contributed by atoms with E-state index in [9.17, 15) is 4.79 Å². The van der Waals surface area contributed by atoms with E-state index in [-0.39, 0.29) is 12.4 Å². The second-order valence-corrected chi connectivity index (χ2v) is 6.55. The van der Waals surface area contributed by atoms with Gasteiger partial charge in [-0.2, -0.15) is 10.2 Å². The zero-order chi connectivity index (χ0) is 20.4. The first kappa shape index (κ1) is 21.5. The number of halogens is 1. The number of anilines is 1. The summed E-state index contributed by atoms with van der Waals surface area (Å²) in [5, 5.41) is 20.3. The first-order valence-electron chi connectivity index (χ1n) is 8.89. The third-order valence-corrected chi connectivity index (χ3v) is 4.27. The van der Waals surface area contributed by atoms with Gasteiger partial charge >= 0.3 is 0 Å². The number of rotatable bonds is 9. The number of amidine groups is 1. The summed E-state index contributed by atoms with van der Waals surface area (Å²) >= 11 is 6.04. The number of carbonyl (C=O) groups is 1. The number of amides is 1. The van der Waals surface area contributed by atoms with Crippen molar-refractivity contribution in [1.29, 1.82) is 0 Å². The Bertz CT molecular complexity index is 840. The van der Waals surface area contributed by atoms with Gasteiger partial charge in [0, 0.05) is 17.3 Å². The van der Waals surface area contributed by atoms with Gasteiger partial charge in [-0.3, -0.25) is 9.79 Å². The smallest absolute Gasteiger partial charge is 0.258 e. The van der Waals surface area contributed by atoms with Gasteiger partial charge < -0.3 is 16.2 Å². The van der Waals surface area contributed by atoms with E-state index >= 15 is 0 Å². The zero-order valence-corrected chi connectivity index (χ0v) is 16.4. The summed E-state index contributed by atoms with van der Waals surface area (Å²) < 4.78 is 0. The number of nitrogens with two attached hydrogens (primary N) is 1. The molecule has 2 aromatic carbocycles. The molecule has 0 aliphatic carbocycles. The van der Waals surface area contributed by atoms with Crippen LogP contribution in [0.4, 0.5) is 5.69 Å². The fourth-order valence-corrected chi connectivity index (χ4v) is 2.45. The lowest BCUT2D eigenvalue weighted by Gasteiger charge is -2.12. The summed E-state index contributed by atoms with van der Waals surface area (Å²) in [6, 6.07) is 13.5. The summed E-state index contributed by atoms with van der Waals surface area (Å²) in [4.78, 5) is 16.9. The minimum absolute atomic E-state index is 0.000607. The Kier molecular flexibility index (Phi) is 8.58. The van der Waals surface area contributed by atoms with E-state index in [2.05, 4.69) is 20.5 Å². The summed E-state index contributed by atoms with van der Waals surface area (Å²) in [5.74, 6) is -0.360. The average Bonchev–Trinajstić information content (AvgIpc) is 2.69. The molecule has 1 atom stereocenters. The van der Waals surface area contributed by atoms with Gasteiger partial charge in [0.2, 0.25) is 6.04 Å². The summed E-state index contributed by atoms with van der Waals surface area (Å²) in [6.45, 7) is 2.50. The molecule has 0 aliphatic rings. The lowest BCUT2D eigenvalue weighted by atomic mass is 10.1. The van der Waals surface area contributed by atoms with Crippen molar-refractivity contribution in [1.82, 2.24) is 0 Å². The van der Waals surface area contributed by atoms with E-state index in [4.69, 9.17) is 22.4 Å². The molecular formula is C20H24ClN5O2. The standard InChI is InChI=1S/C20H24ClN5O2/c1-14-12-15(8-9-17(14)21)13-23-19(22)18(26-24-10-5-11-27)20(28)25-16-6-3-2-4-7-16/h2-4,6-9,12,18,27H,5,10-11,13H2,1H3,(H2,22,23)(H,25,28)/b26-24+. The molecule has 28 heavy (non-hydrogen) atoms. The highest BCUT2D eigenvalue weighted by Gasteiger charge is 2.22. The number of benzene rings is 2. The number of hydrogen-bond acceptors (Lipinski definition) is 5. The SMILES string of the molecule is Cc1cc(C/N=C(\N)C(/N=N/CCCO)C(=O)Nc2ccccc2)ccc1Cl. The Morgan fingerprint density at radius 3 is 2.68 bits per heavy atom. The molecule has 4 N–H and O–H groups in total. The maximum absolute atomic E-state index is 12.6. The van der Waals surface area contributed by atoms with Crippen LogP contribution < -0.4 is 11.1 Å². The second kappa shape index (κ2) is 11.2. The minimum atomic E-state index is -1.05. The number of aliphatic hydroxyl groups excluding tert-OH is 1. The molecule has 0 bridgehead atoms. The first-order valence-corrected chi connectivity index (χ1v) is 9.27. The van der Waals surface area contributed by atoms with Crippen LogP contribution in [0.3, 0.4) is 0 Å². The van der Waals surface area contributed by atoms with Crippen LogP contribution in [0.15, 0.2) is 63.8 Å². The van der Waals surface area contributed by atoms with E-state index in [0.717, 1.165) is 11.1 Å². The predicted molar refractivity (Wildman–Crippen MR) is 112 cm³/mol. The fourth-order valence-electron chi connectivity index (χ4n) is 2.33. The number of nitrogens with zero attached hydrogens (tertiary/aromatic N) is 3. The van der Waals surface area contributed by atoms with Gasteiger partial charge in [0.1, 0.15) is 5.84 Å². The second-order valence-electron chi connectivity index (χ2n) is 6.14. The third kappa shape index (κ3) is 6.75. The Hall–Kier alpha value is -2.77. The molecule has 7 nitrogen and oxygen atoms in total. The molecule has 0 radical (unpaired) electrons. The van der Waals surface area contributed by atoms with Gasteiger partial charge in [0.05, 0.1) is 13.1 Å². The third-order valence-electron chi connectivity index (χ3n) is 3.85. The Balaban J connectivity index is 2.14. The van der Waals surface area contributed by atoms with Crippen LogP contribution in [0.2, 0.25) is 5.02 Å². The Morgan fingerprint density at radius 2 is 2.00 bits per heavy atom. The monoisotopic (exact) mass is 401 g/mol. The van der Waals surface area contributed by atoms with Crippen molar-refractivity contribution in [3.63, 3.8) is 0 Å². The summed E-state index contributed by atoms with van der Waals surface area (Å²) in [6.07, 6.45) is 0.456. The summed E-state index contributed by atoms with van der Waals surface area (Å²) in [7, 11) is 0. The molecular weight excluding hydrogens is 378 g/mol. The van der Waals surface area contributed by atoms with Crippen molar-refractivity contribution >= 4 is 29.0 Å². The normalized spacial score (nSPS) is 12.9. The molecule has 0 heterocycles. The van der Waals surface area contributed by atoms with Crippen LogP contribution in [0.5, 0.6) is 0 Å². The lowest BCUT2D eigenvalue weighted by Crippen LogP contribution is -2.38. The molecule has 0 spiro atoms. The van der Waals surface area contributed by atoms with Gasteiger partial charge in [0.15, 0.2) is 0 Å². The average molecular weight is 402 g/mol. The number of para-hydroxylation sites is 1. The number of carbonyl (C=O) groups excluding carboxylic acids is 1. The van der Waals surface area contributed by atoms with Gasteiger partial charge in [-0.05, 0) is 42.7 Å². The Labute approximate surface area is 169 Å². The van der Waals surface area contributed by atoms with E-state index in [1.54, 1.807) is 18.2 Å². The molecule has 1 unspecified atom stereocenters. The molecule has 148 valence electrons. The number of nitrogens with one attached hydrogen (secondary N) is 1. The summed E-state index contributed by atoms with van der Waals surface area (Å²) in [5.41, 5.74) is 8.55. The van der Waals surface area contributed by atoms with Crippen LogP contribution in [-0.2, 0) is 11.3 Å². The zero-order valence-electron chi connectivity index (χ0n) is 15.7. The number of aliphatic hydroxyl groups is 1. The van der Waals surface area contributed by atoms with E-state index in [1.807, 2.05) is 37.3 Å². The van der Waals surface area contributed by atoms with Crippen LogP contribution >= 0.6 is 11.6 Å². The van der Waals surface area contributed by atoms with Crippen LogP contribution in [0.1, 0.15) is 17.5 Å². The topological polar surface area (TPSA) is 112 Å². The quantitative estimate of drug-likeness (QED) is 0.259. The van der Waals surface area contributed by atoms with Crippen molar-refractivity contribution in [2.45, 2.75) is 25.9 Å². The van der Waals surface area contributed by atoms with Gasteiger partial charge in [-0.1, -0.05) is 41.9 Å². The van der Waals surface area contributed by atoms with E-state index < -0.39 is 11.9 Å². The number of aryl methyl sites for hydroxylation is 1. The number of hydrogen-bond donors (Lipinski definition) is 3. The van der Waals surface area contributed by atoms with Gasteiger partial charge in [0.25, 0.3) is 5.91 Å². The van der Waals surface area contributed by atoms with Crippen LogP contribution in [0.25, 0.3) is 0 Å². The van der Waals surface area contributed by atoms with Gasteiger partial charge in [-0.25, -0.2) is 0 Å². The fraction of sp³-hybridized carbons (Fsp3) is 0.300. The van der Waals surface area contributed by atoms with Crippen LogP contribution in [0, 0.1) is 6.92 Å². The molecule has 1 amide bonds. The molecule has 0 aliphatic heterocycles.